The van der Waals surface area contributed by atoms with Gasteiger partial charge in [0.25, 0.3) is 0 Å². The quantitative estimate of drug-likeness (QED) is 0.788. The van der Waals surface area contributed by atoms with Crippen LogP contribution in [-0.2, 0) is 0 Å². The Bertz CT molecular complexity index is 419. The predicted molar refractivity (Wildman–Crippen MR) is 53.5 cm³/mol. The minimum Gasteiger partial charge on any atom is -0.408 e. The van der Waals surface area contributed by atoms with Crippen LogP contribution in [0.1, 0.15) is 11.5 Å². The SMILES string of the molecule is Cc1ccc(Nc2nnc(C)o2)cc1. The summed E-state index contributed by atoms with van der Waals surface area (Å²) in [5.41, 5.74) is 2.16. The summed E-state index contributed by atoms with van der Waals surface area (Å²) in [5, 5.41) is 10.6. The van der Waals surface area contributed by atoms with Crippen LogP contribution in [0.15, 0.2) is 28.7 Å². The van der Waals surface area contributed by atoms with E-state index in [9.17, 15) is 0 Å². The standard InChI is InChI=1S/C10H11N3O/c1-7-3-5-9(6-4-7)11-10-13-12-8(2)14-10/h3-6H,1-2H3,(H,11,13). The maximum Gasteiger partial charge on any atom is 0.320 e. The van der Waals surface area contributed by atoms with Gasteiger partial charge in [0.05, 0.1) is 0 Å². The summed E-state index contributed by atoms with van der Waals surface area (Å²) in [5.74, 6) is 0.555. The Kier molecular flexibility index (Phi) is 2.18. The minimum absolute atomic E-state index is 0.423. The van der Waals surface area contributed by atoms with Crippen molar-refractivity contribution in [3.63, 3.8) is 0 Å². The van der Waals surface area contributed by atoms with Crippen molar-refractivity contribution >= 4 is 11.7 Å². The zero-order valence-electron chi connectivity index (χ0n) is 8.11. The molecule has 0 spiro atoms. The van der Waals surface area contributed by atoms with Gasteiger partial charge in [-0.3, -0.25) is 0 Å². The van der Waals surface area contributed by atoms with Crippen LogP contribution in [0.3, 0.4) is 0 Å². The van der Waals surface area contributed by atoms with E-state index in [0.717, 1.165) is 5.69 Å². The molecule has 4 heteroatoms. The van der Waals surface area contributed by atoms with E-state index < -0.39 is 0 Å². The molecule has 2 aromatic rings. The second-order valence-corrected chi connectivity index (χ2v) is 3.12. The maximum atomic E-state index is 5.18. The van der Waals surface area contributed by atoms with Crippen LogP contribution >= 0.6 is 0 Å². The van der Waals surface area contributed by atoms with Crippen LogP contribution in [0, 0.1) is 13.8 Å². The molecule has 0 amide bonds. The minimum atomic E-state index is 0.423. The molecule has 0 aliphatic carbocycles. The highest BCUT2D eigenvalue weighted by atomic mass is 16.4. The normalized spacial score (nSPS) is 10.1. The fourth-order valence-corrected chi connectivity index (χ4v) is 1.11. The van der Waals surface area contributed by atoms with Crippen LogP contribution in [0.5, 0.6) is 0 Å². The highest BCUT2D eigenvalue weighted by Crippen LogP contribution is 2.14. The van der Waals surface area contributed by atoms with Crippen LogP contribution in [0.25, 0.3) is 0 Å². The highest BCUT2D eigenvalue weighted by Gasteiger charge is 2.00. The Labute approximate surface area is 82.0 Å². The van der Waals surface area contributed by atoms with Crippen molar-refractivity contribution in [1.82, 2.24) is 10.2 Å². The number of nitrogens with one attached hydrogen (secondary N) is 1. The van der Waals surface area contributed by atoms with Crippen molar-refractivity contribution in [2.45, 2.75) is 13.8 Å². The molecule has 0 bridgehead atoms. The van der Waals surface area contributed by atoms with Gasteiger partial charge in [-0.15, -0.1) is 5.10 Å². The predicted octanol–water partition coefficient (Wildman–Crippen LogP) is 2.43. The molecule has 0 aliphatic heterocycles. The topological polar surface area (TPSA) is 51.0 Å². The molecule has 0 fully saturated rings. The van der Waals surface area contributed by atoms with Gasteiger partial charge in [-0.25, -0.2) is 0 Å². The first kappa shape index (κ1) is 8.74. The van der Waals surface area contributed by atoms with Gasteiger partial charge in [0, 0.05) is 12.6 Å². The summed E-state index contributed by atoms with van der Waals surface area (Å²) in [6.07, 6.45) is 0. The van der Waals surface area contributed by atoms with Crippen molar-refractivity contribution in [2.24, 2.45) is 0 Å². The summed E-state index contributed by atoms with van der Waals surface area (Å²) in [4.78, 5) is 0. The average molecular weight is 189 g/mol. The zero-order chi connectivity index (χ0) is 9.97. The molecule has 0 radical (unpaired) electrons. The molecule has 0 saturated heterocycles. The van der Waals surface area contributed by atoms with Crippen molar-refractivity contribution in [3.8, 4) is 0 Å². The number of nitrogens with zero attached hydrogens (tertiary/aromatic N) is 2. The number of anilines is 2. The van der Waals surface area contributed by atoms with Crippen LogP contribution < -0.4 is 5.32 Å². The molecule has 4 nitrogen and oxygen atoms in total. The van der Waals surface area contributed by atoms with E-state index >= 15 is 0 Å². The van der Waals surface area contributed by atoms with Gasteiger partial charge < -0.3 is 9.73 Å². The lowest BCUT2D eigenvalue weighted by Gasteiger charge is -2.00. The van der Waals surface area contributed by atoms with Gasteiger partial charge in [-0.2, -0.15) is 0 Å². The van der Waals surface area contributed by atoms with Gasteiger partial charge in [-0.05, 0) is 19.1 Å². The second kappa shape index (κ2) is 3.49. The molecule has 1 N–H and O–H groups in total. The third-order valence-electron chi connectivity index (χ3n) is 1.83. The van der Waals surface area contributed by atoms with E-state index in [-0.39, 0.29) is 0 Å². The number of aromatic nitrogens is 2. The van der Waals surface area contributed by atoms with E-state index in [1.165, 1.54) is 5.56 Å². The number of hydrogen-bond donors (Lipinski definition) is 1. The molecule has 72 valence electrons. The van der Waals surface area contributed by atoms with Crippen LogP contribution in [-0.4, -0.2) is 10.2 Å². The van der Waals surface area contributed by atoms with Crippen molar-refractivity contribution < 1.29 is 4.42 Å². The first-order valence-electron chi connectivity index (χ1n) is 4.38. The molecule has 1 heterocycles. The van der Waals surface area contributed by atoms with E-state index in [0.29, 0.717) is 11.9 Å². The van der Waals surface area contributed by atoms with Gasteiger partial charge >= 0.3 is 6.01 Å². The summed E-state index contributed by atoms with van der Waals surface area (Å²) in [7, 11) is 0. The molecular formula is C10H11N3O. The van der Waals surface area contributed by atoms with Crippen molar-refractivity contribution in [3.05, 3.63) is 35.7 Å². The van der Waals surface area contributed by atoms with Crippen molar-refractivity contribution in [2.75, 3.05) is 5.32 Å². The Morgan fingerprint density at radius 1 is 1.07 bits per heavy atom. The lowest BCUT2D eigenvalue weighted by Crippen LogP contribution is -1.89. The average Bonchev–Trinajstić information content (AvgIpc) is 2.56. The van der Waals surface area contributed by atoms with E-state index in [4.69, 9.17) is 4.42 Å². The number of benzene rings is 1. The third kappa shape index (κ3) is 1.90. The summed E-state index contributed by atoms with van der Waals surface area (Å²) < 4.78 is 5.18. The van der Waals surface area contributed by atoms with E-state index in [1.807, 2.05) is 31.2 Å². The van der Waals surface area contributed by atoms with Gasteiger partial charge in [0.15, 0.2) is 0 Å². The summed E-state index contributed by atoms with van der Waals surface area (Å²) in [6.45, 7) is 3.80. The van der Waals surface area contributed by atoms with Crippen LogP contribution in [0.4, 0.5) is 11.7 Å². The van der Waals surface area contributed by atoms with E-state index in [2.05, 4.69) is 15.5 Å². The lowest BCUT2D eigenvalue weighted by atomic mass is 10.2. The monoisotopic (exact) mass is 189 g/mol. The molecule has 0 saturated carbocycles. The fourth-order valence-electron chi connectivity index (χ4n) is 1.11. The molecule has 0 atom stereocenters. The second-order valence-electron chi connectivity index (χ2n) is 3.12. The Morgan fingerprint density at radius 2 is 1.79 bits per heavy atom. The van der Waals surface area contributed by atoms with E-state index in [1.54, 1.807) is 6.92 Å². The summed E-state index contributed by atoms with van der Waals surface area (Å²) >= 11 is 0. The molecule has 2 rings (SSSR count). The third-order valence-corrected chi connectivity index (χ3v) is 1.83. The Hall–Kier alpha value is -1.84. The highest BCUT2D eigenvalue weighted by molar-refractivity contribution is 5.51. The molecule has 0 aliphatic rings. The Balaban J connectivity index is 2.15. The lowest BCUT2D eigenvalue weighted by molar-refractivity contribution is 0.535. The van der Waals surface area contributed by atoms with Gasteiger partial charge in [-0.1, -0.05) is 22.8 Å². The smallest absolute Gasteiger partial charge is 0.320 e. The Morgan fingerprint density at radius 3 is 2.36 bits per heavy atom. The summed E-state index contributed by atoms with van der Waals surface area (Å²) in [6, 6.07) is 8.40. The van der Waals surface area contributed by atoms with Crippen molar-refractivity contribution in [1.29, 1.82) is 0 Å². The molecule has 1 aromatic heterocycles. The maximum absolute atomic E-state index is 5.18. The molecule has 1 aromatic carbocycles. The zero-order valence-corrected chi connectivity index (χ0v) is 8.11. The fraction of sp³-hybridized carbons (Fsp3) is 0.200. The number of aryl methyl sites for hydroxylation is 2. The molecular weight excluding hydrogens is 178 g/mol. The van der Waals surface area contributed by atoms with Crippen LogP contribution in [0.2, 0.25) is 0 Å². The first-order chi connectivity index (χ1) is 6.74. The number of rotatable bonds is 2. The largest absolute Gasteiger partial charge is 0.408 e. The van der Waals surface area contributed by atoms with Gasteiger partial charge in [0.2, 0.25) is 5.89 Å². The molecule has 0 unspecified atom stereocenters. The molecule has 14 heavy (non-hydrogen) atoms. The number of hydrogen-bond acceptors (Lipinski definition) is 4. The first-order valence-corrected chi connectivity index (χ1v) is 4.38. The van der Waals surface area contributed by atoms with Gasteiger partial charge in [0.1, 0.15) is 0 Å².